The Balaban J connectivity index is 1.94. The number of furan rings is 1. The van der Waals surface area contributed by atoms with E-state index in [2.05, 4.69) is 5.32 Å². The molecule has 1 saturated heterocycles. The molecule has 0 spiro atoms. The highest BCUT2D eigenvalue weighted by Gasteiger charge is 2.25. The molecule has 2 heterocycles. The van der Waals surface area contributed by atoms with Gasteiger partial charge in [0.1, 0.15) is 11.8 Å². The van der Waals surface area contributed by atoms with Crippen molar-refractivity contribution in [2.24, 2.45) is 0 Å². The van der Waals surface area contributed by atoms with Gasteiger partial charge in [-0.15, -0.1) is 0 Å². The number of amides is 1. The molecule has 0 radical (unpaired) electrons. The molecule has 0 saturated carbocycles. The number of nitrogens with one attached hydrogen (secondary N) is 1. The van der Waals surface area contributed by atoms with Crippen LogP contribution in [0.4, 0.5) is 0 Å². The molecule has 0 bridgehead atoms. The summed E-state index contributed by atoms with van der Waals surface area (Å²) in [6, 6.07) is 3.48. The molecule has 1 amide bonds. The van der Waals surface area contributed by atoms with Crippen LogP contribution in [0.3, 0.4) is 0 Å². The van der Waals surface area contributed by atoms with Gasteiger partial charge in [0, 0.05) is 13.1 Å². The molecule has 1 N–H and O–H groups in total. The number of ether oxygens (including phenoxy) is 1. The smallest absolute Gasteiger partial charge is 0.242 e. The highest BCUT2D eigenvalue weighted by Crippen LogP contribution is 2.08. The Bertz CT molecular complexity index is 345. The molecule has 5 nitrogen and oxygen atoms in total. The first-order valence-electron chi connectivity index (χ1n) is 5.93. The van der Waals surface area contributed by atoms with E-state index in [-0.39, 0.29) is 11.9 Å². The van der Waals surface area contributed by atoms with E-state index in [1.165, 1.54) is 0 Å². The van der Waals surface area contributed by atoms with Gasteiger partial charge < -0.3 is 19.4 Å². The van der Waals surface area contributed by atoms with Gasteiger partial charge in [-0.3, -0.25) is 4.79 Å². The Morgan fingerprint density at radius 3 is 3.12 bits per heavy atom. The zero-order valence-electron chi connectivity index (χ0n) is 10.0. The number of likely N-dealkylation sites (N-methyl/N-ethyl adjacent to an activating group) is 1. The quantitative estimate of drug-likeness (QED) is 0.835. The molecule has 1 aromatic rings. The average molecular weight is 238 g/mol. The van der Waals surface area contributed by atoms with Crippen molar-refractivity contribution in [2.75, 3.05) is 26.3 Å². The zero-order valence-corrected chi connectivity index (χ0v) is 10.0. The molecule has 0 aromatic carbocycles. The lowest BCUT2D eigenvalue weighted by molar-refractivity contribution is -0.137. The summed E-state index contributed by atoms with van der Waals surface area (Å²) in [5.41, 5.74) is 0. The van der Waals surface area contributed by atoms with Crippen LogP contribution in [-0.2, 0) is 16.1 Å². The molecule has 0 aliphatic carbocycles. The molecule has 94 valence electrons. The normalized spacial score (nSPS) is 20.2. The zero-order chi connectivity index (χ0) is 12.1. The average Bonchev–Trinajstić information content (AvgIpc) is 2.89. The molecular weight excluding hydrogens is 220 g/mol. The second kappa shape index (κ2) is 5.84. The van der Waals surface area contributed by atoms with Gasteiger partial charge in [-0.1, -0.05) is 0 Å². The maximum Gasteiger partial charge on any atom is 0.242 e. The van der Waals surface area contributed by atoms with Crippen LogP contribution in [0.25, 0.3) is 0 Å². The van der Waals surface area contributed by atoms with Crippen LogP contribution < -0.4 is 5.32 Å². The van der Waals surface area contributed by atoms with Gasteiger partial charge in [0.05, 0.1) is 26.0 Å². The van der Waals surface area contributed by atoms with Gasteiger partial charge in [-0.05, 0) is 19.1 Å². The minimum Gasteiger partial charge on any atom is -0.467 e. The molecule has 1 unspecified atom stereocenters. The van der Waals surface area contributed by atoms with E-state index in [1.807, 2.05) is 19.1 Å². The van der Waals surface area contributed by atoms with Crippen LogP contribution in [0.15, 0.2) is 22.8 Å². The monoisotopic (exact) mass is 238 g/mol. The van der Waals surface area contributed by atoms with Crippen molar-refractivity contribution in [1.82, 2.24) is 10.2 Å². The maximum absolute atomic E-state index is 12.2. The Kier molecular flexibility index (Phi) is 4.17. The summed E-state index contributed by atoms with van der Waals surface area (Å²) < 4.78 is 10.6. The molecule has 1 aliphatic heterocycles. The number of nitrogens with zero attached hydrogens (tertiary/aromatic N) is 1. The third-order valence-electron chi connectivity index (χ3n) is 2.84. The van der Waals surface area contributed by atoms with E-state index in [0.29, 0.717) is 26.3 Å². The topological polar surface area (TPSA) is 54.7 Å². The fraction of sp³-hybridized carbons (Fsp3) is 0.583. The highest BCUT2D eigenvalue weighted by atomic mass is 16.5. The SMILES string of the molecule is CCN(Cc1ccco1)C(=O)C1COCCN1. The first-order chi connectivity index (χ1) is 8.31. The van der Waals surface area contributed by atoms with Crippen LogP contribution in [0, 0.1) is 0 Å². The molecule has 5 heteroatoms. The second-order valence-electron chi connectivity index (χ2n) is 4.01. The standard InChI is InChI=1S/C12H18N2O3/c1-2-14(8-10-4-3-6-17-10)12(15)11-9-16-7-5-13-11/h3-4,6,11,13H,2,5,7-9H2,1H3. The third kappa shape index (κ3) is 3.08. The van der Waals surface area contributed by atoms with Crippen LogP contribution in [0.1, 0.15) is 12.7 Å². The van der Waals surface area contributed by atoms with E-state index in [0.717, 1.165) is 12.3 Å². The van der Waals surface area contributed by atoms with Crippen LogP contribution >= 0.6 is 0 Å². The Morgan fingerprint density at radius 2 is 2.53 bits per heavy atom. The minimum atomic E-state index is -0.223. The summed E-state index contributed by atoms with van der Waals surface area (Å²) in [6.45, 7) is 5.00. The van der Waals surface area contributed by atoms with E-state index >= 15 is 0 Å². The lowest BCUT2D eigenvalue weighted by Crippen LogP contribution is -2.52. The van der Waals surface area contributed by atoms with Crippen molar-refractivity contribution in [2.45, 2.75) is 19.5 Å². The molecule has 17 heavy (non-hydrogen) atoms. The van der Waals surface area contributed by atoms with E-state index < -0.39 is 0 Å². The third-order valence-corrected chi connectivity index (χ3v) is 2.84. The second-order valence-corrected chi connectivity index (χ2v) is 4.01. The summed E-state index contributed by atoms with van der Waals surface area (Å²) in [4.78, 5) is 14.0. The van der Waals surface area contributed by atoms with E-state index in [4.69, 9.17) is 9.15 Å². The van der Waals surface area contributed by atoms with Crippen molar-refractivity contribution in [1.29, 1.82) is 0 Å². The fourth-order valence-corrected chi connectivity index (χ4v) is 1.88. The van der Waals surface area contributed by atoms with Crippen LogP contribution in [0.5, 0.6) is 0 Å². The lowest BCUT2D eigenvalue weighted by atomic mass is 10.2. The Labute approximate surface area is 101 Å². The molecular formula is C12H18N2O3. The number of hydrogen-bond acceptors (Lipinski definition) is 4. The number of carbonyl (C=O) groups excluding carboxylic acids is 1. The summed E-state index contributed by atoms with van der Waals surface area (Å²) in [5.74, 6) is 0.875. The highest BCUT2D eigenvalue weighted by molar-refractivity contribution is 5.82. The van der Waals surface area contributed by atoms with Crippen molar-refractivity contribution in [3.05, 3.63) is 24.2 Å². The van der Waals surface area contributed by atoms with E-state index in [1.54, 1.807) is 11.2 Å². The summed E-state index contributed by atoms with van der Waals surface area (Å²) in [5, 5.41) is 3.17. The van der Waals surface area contributed by atoms with Crippen LogP contribution in [0.2, 0.25) is 0 Å². The van der Waals surface area contributed by atoms with E-state index in [9.17, 15) is 4.79 Å². The first-order valence-corrected chi connectivity index (χ1v) is 5.93. The molecule has 2 rings (SSSR count). The first kappa shape index (κ1) is 12.1. The molecule has 1 aromatic heterocycles. The van der Waals surface area contributed by atoms with Gasteiger partial charge in [0.15, 0.2) is 0 Å². The summed E-state index contributed by atoms with van der Waals surface area (Å²) >= 11 is 0. The van der Waals surface area contributed by atoms with Crippen molar-refractivity contribution in [3.8, 4) is 0 Å². The van der Waals surface area contributed by atoms with Crippen LogP contribution in [-0.4, -0.2) is 43.2 Å². The minimum absolute atomic E-state index is 0.0728. The van der Waals surface area contributed by atoms with Crippen molar-refractivity contribution < 1.29 is 13.9 Å². The summed E-state index contributed by atoms with van der Waals surface area (Å²) in [7, 11) is 0. The molecule has 1 atom stereocenters. The number of hydrogen-bond donors (Lipinski definition) is 1. The lowest BCUT2D eigenvalue weighted by Gasteiger charge is -2.28. The fourth-order valence-electron chi connectivity index (χ4n) is 1.88. The predicted molar refractivity (Wildman–Crippen MR) is 62.4 cm³/mol. The predicted octanol–water partition coefficient (Wildman–Crippen LogP) is 0.616. The van der Waals surface area contributed by atoms with Gasteiger partial charge in [-0.2, -0.15) is 0 Å². The van der Waals surface area contributed by atoms with Gasteiger partial charge in [0.2, 0.25) is 5.91 Å². The number of rotatable bonds is 4. The molecule has 1 fully saturated rings. The van der Waals surface area contributed by atoms with Crippen molar-refractivity contribution in [3.63, 3.8) is 0 Å². The largest absolute Gasteiger partial charge is 0.467 e. The Hall–Kier alpha value is -1.33. The van der Waals surface area contributed by atoms with Gasteiger partial charge in [0.25, 0.3) is 0 Å². The van der Waals surface area contributed by atoms with Gasteiger partial charge in [-0.25, -0.2) is 0 Å². The van der Waals surface area contributed by atoms with Gasteiger partial charge >= 0.3 is 0 Å². The molecule has 1 aliphatic rings. The van der Waals surface area contributed by atoms with Crippen molar-refractivity contribution >= 4 is 5.91 Å². The Morgan fingerprint density at radius 1 is 1.65 bits per heavy atom. The maximum atomic E-state index is 12.2. The number of carbonyl (C=O) groups is 1. The number of morpholine rings is 1. The summed E-state index contributed by atoms with van der Waals surface area (Å²) in [6.07, 6.45) is 1.62.